The van der Waals surface area contributed by atoms with E-state index >= 15 is 0 Å². The van der Waals surface area contributed by atoms with Crippen molar-refractivity contribution in [1.29, 1.82) is 0 Å². The third-order valence-electron chi connectivity index (χ3n) is 13.0. The number of carbonyl (C=O) groups excluding carboxylic acids is 3. The van der Waals surface area contributed by atoms with Gasteiger partial charge in [-0.05, 0) is 149 Å². The van der Waals surface area contributed by atoms with Gasteiger partial charge in [-0.25, -0.2) is 0 Å². The highest BCUT2D eigenvalue weighted by Gasteiger charge is 2.34. The fourth-order valence-corrected chi connectivity index (χ4v) is 8.79. The second-order valence-electron chi connectivity index (χ2n) is 20.7. The quantitative estimate of drug-likeness (QED) is 0.0426. The first-order valence-corrected chi connectivity index (χ1v) is 24.0. The van der Waals surface area contributed by atoms with Gasteiger partial charge in [0.25, 0.3) is 0 Å². The number of nitrogens with zero attached hydrogens (tertiary/aromatic N) is 1. The van der Waals surface area contributed by atoms with Gasteiger partial charge in [0.1, 0.15) is 6.61 Å². The molecule has 344 valence electrons. The predicted molar refractivity (Wildman–Crippen MR) is 241 cm³/mol. The Labute approximate surface area is 366 Å². The molecule has 2 saturated carbocycles. The lowest BCUT2D eigenvalue weighted by atomic mass is 9.79. The van der Waals surface area contributed by atoms with Crippen molar-refractivity contribution in [2.24, 2.45) is 34.5 Å². The molecule has 0 heterocycles. The molecule has 0 spiro atoms. The summed E-state index contributed by atoms with van der Waals surface area (Å²) in [6.07, 6.45) is 19.4. The van der Waals surface area contributed by atoms with Crippen LogP contribution in [0.25, 0.3) is 0 Å². The molecule has 1 aromatic carbocycles. The van der Waals surface area contributed by atoms with Crippen molar-refractivity contribution in [3.8, 4) is 0 Å². The lowest BCUT2D eigenvalue weighted by Gasteiger charge is -2.26. The van der Waals surface area contributed by atoms with Crippen molar-refractivity contribution in [2.45, 2.75) is 190 Å². The molecule has 3 rings (SSSR count). The first-order chi connectivity index (χ1) is 28.6. The van der Waals surface area contributed by atoms with Crippen LogP contribution in [-0.4, -0.2) is 69.9 Å². The molecule has 0 saturated heterocycles. The zero-order valence-electron chi connectivity index (χ0n) is 39.6. The number of unbranched alkanes of at least 4 members (excludes halogenated alkanes) is 8. The van der Waals surface area contributed by atoms with Crippen LogP contribution in [0, 0.1) is 34.5 Å². The van der Waals surface area contributed by atoms with E-state index < -0.39 is 0 Å². The third kappa shape index (κ3) is 22.6. The summed E-state index contributed by atoms with van der Waals surface area (Å²) in [5, 5.41) is 0. The molecule has 9 nitrogen and oxygen atoms in total. The van der Waals surface area contributed by atoms with Gasteiger partial charge in [-0.15, -0.1) is 0 Å². The summed E-state index contributed by atoms with van der Waals surface area (Å²) >= 11 is 0. The van der Waals surface area contributed by atoms with Crippen LogP contribution in [0.3, 0.4) is 0 Å². The van der Waals surface area contributed by atoms with Crippen molar-refractivity contribution < 1.29 is 38.1 Å². The number of rotatable bonds is 30. The molecule has 2 aliphatic rings. The van der Waals surface area contributed by atoms with Crippen molar-refractivity contribution in [3.63, 3.8) is 0 Å². The molecule has 4 unspecified atom stereocenters. The molecular formula is C51H87NO8. The summed E-state index contributed by atoms with van der Waals surface area (Å²) in [5.74, 6) is 2.24. The molecule has 60 heavy (non-hydrogen) atoms. The molecule has 0 bridgehead atoms. The maximum atomic E-state index is 12.5. The van der Waals surface area contributed by atoms with Crippen molar-refractivity contribution in [2.75, 3.05) is 47.1 Å². The van der Waals surface area contributed by atoms with Crippen LogP contribution >= 0.6 is 0 Å². The molecule has 9 heteroatoms. The number of hydrogen-bond donors (Lipinski definition) is 0. The molecular weight excluding hydrogens is 755 g/mol. The highest BCUT2D eigenvalue weighted by Crippen LogP contribution is 2.43. The van der Waals surface area contributed by atoms with Crippen LogP contribution in [-0.2, 0) is 57.9 Å². The molecule has 0 amide bonds. The fraction of sp³-hybridized carbons (Fsp3) is 0.824. The molecule has 0 aliphatic heterocycles. The zero-order chi connectivity index (χ0) is 43.8. The maximum absolute atomic E-state index is 12.5. The molecule has 2 fully saturated rings. The van der Waals surface area contributed by atoms with E-state index in [0.717, 1.165) is 106 Å². The lowest BCUT2D eigenvalue weighted by molar-refractivity contribution is -0.146. The van der Waals surface area contributed by atoms with Crippen LogP contribution in [0.5, 0.6) is 0 Å². The summed E-state index contributed by atoms with van der Waals surface area (Å²) in [5.41, 5.74) is 3.72. The van der Waals surface area contributed by atoms with Gasteiger partial charge in [0, 0.05) is 32.5 Å². The van der Waals surface area contributed by atoms with E-state index in [-0.39, 0.29) is 24.5 Å². The number of carbonyl (C=O) groups is 3. The Kier molecular flexibility index (Phi) is 24.4. The van der Waals surface area contributed by atoms with Gasteiger partial charge in [0.15, 0.2) is 0 Å². The average Bonchev–Trinajstić information content (AvgIpc) is 3.89. The van der Waals surface area contributed by atoms with E-state index in [1.807, 2.05) is 14.1 Å². The maximum Gasteiger partial charge on any atom is 0.306 e. The van der Waals surface area contributed by atoms with Crippen LogP contribution in [0.2, 0.25) is 0 Å². The topological polar surface area (TPSA) is 101 Å². The Hall–Kier alpha value is -2.49. The smallest absolute Gasteiger partial charge is 0.306 e. The van der Waals surface area contributed by atoms with Crippen LogP contribution in [0.1, 0.15) is 187 Å². The second kappa shape index (κ2) is 28.2. The Bertz CT molecular complexity index is 1360. The highest BCUT2D eigenvalue weighted by atomic mass is 16.5. The molecule has 1 aromatic rings. The molecule has 0 aromatic heterocycles. The molecule has 0 N–H and O–H groups in total. The van der Waals surface area contributed by atoms with Crippen LogP contribution < -0.4 is 0 Å². The van der Waals surface area contributed by atoms with Gasteiger partial charge in [-0.3, -0.25) is 14.4 Å². The molecule has 4 atom stereocenters. The average molecular weight is 842 g/mol. The highest BCUT2D eigenvalue weighted by molar-refractivity contribution is 5.70. The summed E-state index contributed by atoms with van der Waals surface area (Å²) in [6.45, 7) is 18.5. The van der Waals surface area contributed by atoms with Gasteiger partial charge in [-0.1, -0.05) is 92.2 Å². The normalized spacial score (nSPS) is 19.6. The van der Waals surface area contributed by atoms with E-state index in [4.69, 9.17) is 23.7 Å². The number of hydrogen-bond acceptors (Lipinski definition) is 9. The summed E-state index contributed by atoms with van der Waals surface area (Å²) in [7, 11) is 4.01. The third-order valence-corrected chi connectivity index (χ3v) is 13.0. The minimum Gasteiger partial charge on any atom is -0.465 e. The first kappa shape index (κ1) is 51.9. The van der Waals surface area contributed by atoms with E-state index in [1.165, 1.54) is 38.5 Å². The number of benzene rings is 1. The Balaban J connectivity index is 1.26. The number of esters is 3. The second-order valence-corrected chi connectivity index (χ2v) is 20.7. The van der Waals surface area contributed by atoms with E-state index in [2.05, 4.69) is 64.6 Å². The Morgan fingerprint density at radius 3 is 1.52 bits per heavy atom. The van der Waals surface area contributed by atoms with E-state index in [0.29, 0.717) is 81.6 Å². The summed E-state index contributed by atoms with van der Waals surface area (Å²) in [6, 6.07) is 6.24. The number of ether oxygens (including phenoxy) is 5. The minimum absolute atomic E-state index is 0.0455. The van der Waals surface area contributed by atoms with Gasteiger partial charge in [-0.2, -0.15) is 0 Å². The van der Waals surface area contributed by atoms with Gasteiger partial charge < -0.3 is 28.6 Å². The van der Waals surface area contributed by atoms with Crippen molar-refractivity contribution in [3.05, 3.63) is 34.9 Å². The standard InChI is InChI=1S/C51H87NO8/c1-50(2,3)45-27-24-41(33-45)36-58-47(53)20-15-11-9-13-17-30-56-35-40-23-26-43(44(32-40)39-60-49(55)22-19-29-52(7)8)38-57-31-18-14-10-12-16-21-48(54)59-37-42-25-28-46(34-42)51(4,5)6/h23,26,32,41-42,45-46H,9-22,24-25,27-31,33-39H2,1-8H3. The van der Waals surface area contributed by atoms with Crippen molar-refractivity contribution in [1.82, 2.24) is 4.90 Å². The Morgan fingerprint density at radius 2 is 1.02 bits per heavy atom. The van der Waals surface area contributed by atoms with E-state index in [9.17, 15) is 14.4 Å². The molecule has 0 radical (unpaired) electrons. The lowest BCUT2D eigenvalue weighted by Crippen LogP contribution is -2.18. The summed E-state index contributed by atoms with van der Waals surface area (Å²) in [4.78, 5) is 39.2. The van der Waals surface area contributed by atoms with Crippen molar-refractivity contribution >= 4 is 17.9 Å². The minimum atomic E-state index is -0.183. The predicted octanol–water partition coefficient (Wildman–Crippen LogP) is 11.8. The van der Waals surface area contributed by atoms with Gasteiger partial charge >= 0.3 is 17.9 Å². The van der Waals surface area contributed by atoms with E-state index in [1.54, 1.807) is 0 Å². The largest absolute Gasteiger partial charge is 0.465 e. The zero-order valence-corrected chi connectivity index (χ0v) is 39.6. The molecule has 2 aliphatic carbocycles. The van der Waals surface area contributed by atoms with Crippen LogP contribution in [0.4, 0.5) is 0 Å². The fourth-order valence-electron chi connectivity index (χ4n) is 8.79. The Morgan fingerprint density at radius 1 is 0.550 bits per heavy atom. The van der Waals surface area contributed by atoms with Gasteiger partial charge in [0.05, 0.1) is 26.4 Å². The SMILES string of the molecule is CN(C)CCCC(=O)OCc1cc(COCCCCCCCC(=O)OCC2CCC(C(C)(C)C)C2)ccc1COCCCCCCCC(=O)OCC1CCC(C(C)(C)C)C1. The summed E-state index contributed by atoms with van der Waals surface area (Å²) < 4.78 is 29.1. The van der Waals surface area contributed by atoms with Gasteiger partial charge in [0.2, 0.25) is 0 Å². The monoisotopic (exact) mass is 842 g/mol. The van der Waals surface area contributed by atoms with Crippen LogP contribution in [0.15, 0.2) is 18.2 Å². The first-order valence-electron chi connectivity index (χ1n) is 24.0.